The molecule has 1 aromatic rings. The Morgan fingerprint density at radius 2 is 1.41 bits per heavy atom. The molecule has 0 fully saturated rings. The molecule has 0 amide bonds. The zero-order valence-corrected chi connectivity index (χ0v) is 21.6. The number of hydrogen-bond acceptors (Lipinski definition) is 3. The van der Waals surface area contributed by atoms with Gasteiger partial charge in [-0.1, -0.05) is 109 Å². The second kappa shape index (κ2) is 19.7. The van der Waals surface area contributed by atoms with Gasteiger partial charge in [0, 0.05) is 5.97 Å². The van der Waals surface area contributed by atoms with E-state index >= 15 is 0 Å². The van der Waals surface area contributed by atoms with Gasteiger partial charge in [-0.2, -0.15) is 0 Å². The molecule has 0 aliphatic heterocycles. The van der Waals surface area contributed by atoms with Crippen molar-refractivity contribution in [1.82, 2.24) is 0 Å². The predicted molar refractivity (Wildman–Crippen MR) is 121 cm³/mol. The standard InChI is InChI=1S/C15H24O.C10H20O2.Ca/c1-2-3-4-5-6-7-8-11-14-12-9-10-13-15(14)16;1-10(2,3)8-6-4-5-7-9(11)12;/h9-10,12-13,16H,2-8,11H2,1H3;4-8H2,1-3H3,(H,11,12);/q;;+2/p-2. The van der Waals surface area contributed by atoms with Gasteiger partial charge < -0.3 is 15.0 Å². The number of rotatable bonds is 13. The molecule has 0 bridgehead atoms. The zero-order valence-electron chi connectivity index (χ0n) is 19.4. The Balaban J connectivity index is 0. The molecule has 0 saturated carbocycles. The van der Waals surface area contributed by atoms with Crippen molar-refractivity contribution in [1.29, 1.82) is 0 Å². The maximum absolute atomic E-state index is 11.4. The predicted octanol–water partition coefficient (Wildman–Crippen LogP) is 5.41. The third-order valence-electron chi connectivity index (χ3n) is 4.83. The zero-order chi connectivity index (χ0) is 21.3. The monoisotopic (exact) mass is 430 g/mol. The summed E-state index contributed by atoms with van der Waals surface area (Å²) in [6, 6.07) is 7.39. The largest absolute Gasteiger partial charge is 2.00 e. The Morgan fingerprint density at radius 1 is 0.862 bits per heavy atom. The summed E-state index contributed by atoms with van der Waals surface area (Å²) >= 11 is 0. The summed E-state index contributed by atoms with van der Waals surface area (Å²) in [6.07, 6.45) is 14.4. The van der Waals surface area contributed by atoms with Gasteiger partial charge in [0.05, 0.1) is 0 Å². The summed E-state index contributed by atoms with van der Waals surface area (Å²) in [5.74, 6) is -0.723. The number of unbranched alkanes of at least 4 members (excludes halogenated alkanes) is 8. The summed E-state index contributed by atoms with van der Waals surface area (Å²) in [5, 5.41) is 21.5. The van der Waals surface area contributed by atoms with Crippen LogP contribution in [0.3, 0.4) is 0 Å². The van der Waals surface area contributed by atoms with E-state index in [2.05, 4.69) is 27.7 Å². The first-order chi connectivity index (χ1) is 13.3. The van der Waals surface area contributed by atoms with Crippen LogP contribution in [0.2, 0.25) is 0 Å². The minimum absolute atomic E-state index is 0. The Labute approximate surface area is 209 Å². The molecular weight excluding hydrogens is 388 g/mol. The number of para-hydroxylation sites is 1. The quantitative estimate of drug-likeness (QED) is 0.311. The maximum Gasteiger partial charge on any atom is 2.00 e. The van der Waals surface area contributed by atoms with Gasteiger partial charge in [0.2, 0.25) is 0 Å². The van der Waals surface area contributed by atoms with Crippen LogP contribution in [0.5, 0.6) is 5.75 Å². The van der Waals surface area contributed by atoms with Crippen molar-refractivity contribution in [2.75, 3.05) is 0 Å². The van der Waals surface area contributed by atoms with Gasteiger partial charge >= 0.3 is 37.7 Å². The van der Waals surface area contributed by atoms with E-state index in [-0.39, 0.29) is 49.9 Å². The second-order valence-corrected chi connectivity index (χ2v) is 8.97. The topological polar surface area (TPSA) is 63.2 Å². The number of carboxylic acid groups (broad SMARTS) is 1. The first kappa shape index (κ1) is 30.9. The fourth-order valence-electron chi connectivity index (χ4n) is 3.08. The van der Waals surface area contributed by atoms with E-state index in [0.717, 1.165) is 37.7 Å². The molecule has 1 aromatic carbocycles. The number of aryl methyl sites for hydroxylation is 1. The van der Waals surface area contributed by atoms with Crippen molar-refractivity contribution in [2.24, 2.45) is 5.41 Å². The van der Waals surface area contributed by atoms with E-state index in [1.807, 2.05) is 18.2 Å². The van der Waals surface area contributed by atoms with E-state index < -0.39 is 5.97 Å². The van der Waals surface area contributed by atoms with Crippen LogP contribution in [-0.4, -0.2) is 43.7 Å². The summed E-state index contributed by atoms with van der Waals surface area (Å²) < 4.78 is 0. The molecule has 0 saturated heterocycles. The first-order valence-electron chi connectivity index (χ1n) is 11.2. The Morgan fingerprint density at radius 3 is 1.97 bits per heavy atom. The molecule has 3 nitrogen and oxygen atoms in total. The number of carbonyl (C=O) groups is 1. The first-order valence-corrected chi connectivity index (χ1v) is 11.2. The van der Waals surface area contributed by atoms with Crippen molar-refractivity contribution < 1.29 is 15.0 Å². The van der Waals surface area contributed by atoms with E-state index in [1.54, 1.807) is 6.07 Å². The van der Waals surface area contributed by atoms with Gasteiger partial charge in [0.1, 0.15) is 0 Å². The molecule has 0 atom stereocenters. The summed E-state index contributed by atoms with van der Waals surface area (Å²) in [7, 11) is 0. The minimum atomic E-state index is -0.925. The Hall–Kier alpha value is -0.250. The van der Waals surface area contributed by atoms with Crippen LogP contribution in [-0.2, 0) is 11.2 Å². The van der Waals surface area contributed by atoms with Crippen molar-refractivity contribution >= 4 is 43.7 Å². The summed E-state index contributed by atoms with van der Waals surface area (Å²) in [6.45, 7) is 8.84. The molecule has 0 aliphatic rings. The average molecular weight is 431 g/mol. The van der Waals surface area contributed by atoms with Crippen LogP contribution >= 0.6 is 0 Å². The number of carboxylic acids is 1. The Kier molecular flexibility index (Phi) is 21.0. The van der Waals surface area contributed by atoms with Crippen molar-refractivity contribution in [2.45, 2.75) is 111 Å². The number of hydrogen-bond donors (Lipinski definition) is 0. The van der Waals surface area contributed by atoms with Gasteiger partial charge in [-0.3, -0.25) is 0 Å². The molecule has 4 heteroatoms. The number of aliphatic carboxylic acids is 1. The minimum Gasteiger partial charge on any atom is -0.872 e. The molecule has 162 valence electrons. The van der Waals surface area contributed by atoms with Gasteiger partial charge in [0.25, 0.3) is 0 Å². The van der Waals surface area contributed by atoms with Crippen LogP contribution in [0.15, 0.2) is 24.3 Å². The van der Waals surface area contributed by atoms with Gasteiger partial charge in [0.15, 0.2) is 0 Å². The van der Waals surface area contributed by atoms with E-state index in [0.29, 0.717) is 5.41 Å². The van der Waals surface area contributed by atoms with Crippen molar-refractivity contribution in [3.05, 3.63) is 29.8 Å². The third kappa shape index (κ3) is 22.3. The van der Waals surface area contributed by atoms with Crippen LogP contribution in [0.1, 0.15) is 110 Å². The van der Waals surface area contributed by atoms with Gasteiger partial charge in [-0.05, 0) is 37.5 Å². The fraction of sp³-hybridized carbons (Fsp3) is 0.720. The fourth-order valence-corrected chi connectivity index (χ4v) is 3.08. The van der Waals surface area contributed by atoms with Crippen LogP contribution in [0, 0.1) is 5.41 Å². The van der Waals surface area contributed by atoms with Gasteiger partial charge in [-0.25, -0.2) is 0 Å². The van der Waals surface area contributed by atoms with Crippen LogP contribution < -0.4 is 10.2 Å². The normalized spacial score (nSPS) is 10.6. The maximum atomic E-state index is 11.4. The number of carbonyl (C=O) groups excluding carboxylic acids is 1. The third-order valence-corrected chi connectivity index (χ3v) is 4.83. The van der Waals surface area contributed by atoms with E-state index in [4.69, 9.17) is 0 Å². The molecule has 0 spiro atoms. The van der Waals surface area contributed by atoms with Crippen LogP contribution in [0.4, 0.5) is 0 Å². The number of benzene rings is 1. The second-order valence-electron chi connectivity index (χ2n) is 8.97. The molecular formula is C25H42CaO3. The molecule has 0 unspecified atom stereocenters. The van der Waals surface area contributed by atoms with E-state index in [9.17, 15) is 15.0 Å². The molecule has 0 heterocycles. The Bertz CT molecular complexity index is 509. The molecule has 1 rings (SSSR count). The van der Waals surface area contributed by atoms with E-state index in [1.165, 1.54) is 44.9 Å². The smallest absolute Gasteiger partial charge is 0.872 e. The summed E-state index contributed by atoms with van der Waals surface area (Å²) in [5.41, 5.74) is 1.36. The molecule has 0 aliphatic carbocycles. The molecule has 0 radical (unpaired) electrons. The molecule has 0 N–H and O–H groups in total. The van der Waals surface area contributed by atoms with Gasteiger partial charge in [-0.15, -0.1) is 5.75 Å². The van der Waals surface area contributed by atoms with Crippen LogP contribution in [0.25, 0.3) is 0 Å². The van der Waals surface area contributed by atoms with Crippen molar-refractivity contribution in [3.63, 3.8) is 0 Å². The molecule has 0 aromatic heterocycles. The average Bonchev–Trinajstić information content (AvgIpc) is 2.61. The van der Waals surface area contributed by atoms with Crippen molar-refractivity contribution in [3.8, 4) is 5.75 Å². The molecule has 29 heavy (non-hydrogen) atoms. The summed E-state index contributed by atoms with van der Waals surface area (Å²) in [4.78, 5) is 10.0. The SMILES string of the molecule is CC(C)(C)CCCCCC(=O)[O-].CCCCCCCCCc1ccccc1[O-].[Ca+2].